The van der Waals surface area contributed by atoms with Gasteiger partial charge in [0.25, 0.3) is 0 Å². The molecule has 2 saturated carbocycles. The van der Waals surface area contributed by atoms with Crippen molar-refractivity contribution in [3.05, 3.63) is 35.4 Å². The van der Waals surface area contributed by atoms with E-state index in [0.29, 0.717) is 29.9 Å². The summed E-state index contributed by atoms with van der Waals surface area (Å²) in [6, 6.07) is 4.50. The van der Waals surface area contributed by atoms with E-state index in [1.165, 1.54) is 56.7 Å². The molecule has 2 fully saturated rings. The molecule has 0 aromatic heterocycles. The van der Waals surface area contributed by atoms with Crippen LogP contribution in [0.25, 0.3) is 0 Å². The van der Waals surface area contributed by atoms with Gasteiger partial charge in [-0.3, -0.25) is 0 Å². The highest BCUT2D eigenvalue weighted by Gasteiger charge is 2.28. The van der Waals surface area contributed by atoms with Gasteiger partial charge >= 0.3 is 0 Å². The molecule has 2 aliphatic rings. The van der Waals surface area contributed by atoms with Crippen LogP contribution in [-0.4, -0.2) is 12.6 Å². The summed E-state index contributed by atoms with van der Waals surface area (Å²) < 4.78 is 27.2. The van der Waals surface area contributed by atoms with Crippen molar-refractivity contribution in [3.8, 4) is 0 Å². The highest BCUT2D eigenvalue weighted by atomic mass is 19.1. The summed E-state index contributed by atoms with van der Waals surface area (Å²) in [4.78, 5) is 0. The van der Waals surface area contributed by atoms with E-state index in [4.69, 9.17) is 0 Å². The molecule has 1 aromatic carbocycles. The molecular formula is C17H23F2N. The van der Waals surface area contributed by atoms with Crippen molar-refractivity contribution >= 4 is 0 Å². The first-order valence-electron chi connectivity index (χ1n) is 7.89. The number of nitrogens with one attached hydrogen (secondary N) is 1. The number of benzene rings is 1. The lowest BCUT2D eigenvalue weighted by molar-refractivity contribution is 0.316. The summed E-state index contributed by atoms with van der Waals surface area (Å²) in [7, 11) is 0. The lowest BCUT2D eigenvalue weighted by Crippen LogP contribution is -2.30. The monoisotopic (exact) mass is 279 g/mol. The third-order valence-electron chi connectivity index (χ3n) is 4.80. The SMILES string of the molecule is Fc1ccc(F)c(CC(CNC2CC2)C2CCCC2)c1. The molecule has 0 saturated heterocycles. The number of halogens is 2. The fourth-order valence-corrected chi connectivity index (χ4v) is 3.42. The van der Waals surface area contributed by atoms with E-state index in [1.807, 2.05) is 0 Å². The van der Waals surface area contributed by atoms with Crippen molar-refractivity contribution in [3.63, 3.8) is 0 Å². The number of hydrogen-bond acceptors (Lipinski definition) is 1. The van der Waals surface area contributed by atoms with Gasteiger partial charge in [0, 0.05) is 6.04 Å². The average Bonchev–Trinajstić information content (AvgIpc) is 3.10. The van der Waals surface area contributed by atoms with Gasteiger partial charge in [0.15, 0.2) is 0 Å². The largest absolute Gasteiger partial charge is 0.314 e. The molecule has 1 atom stereocenters. The van der Waals surface area contributed by atoms with Crippen LogP contribution in [0.15, 0.2) is 18.2 Å². The van der Waals surface area contributed by atoms with E-state index in [1.54, 1.807) is 0 Å². The standard InChI is InChI=1S/C17H23F2N/c18-15-5-8-17(19)13(10-15)9-14(11-20-16-6-7-16)12-3-1-2-4-12/h5,8,10,12,14,16,20H,1-4,6-7,9,11H2. The normalized spacial score (nSPS) is 21.3. The fraction of sp³-hybridized carbons (Fsp3) is 0.647. The molecule has 0 spiro atoms. The first kappa shape index (κ1) is 14.0. The summed E-state index contributed by atoms with van der Waals surface area (Å²) in [5, 5.41) is 3.57. The molecular weight excluding hydrogens is 256 g/mol. The maximum Gasteiger partial charge on any atom is 0.126 e. The van der Waals surface area contributed by atoms with Gasteiger partial charge in [0.1, 0.15) is 11.6 Å². The van der Waals surface area contributed by atoms with Crippen LogP contribution in [0.5, 0.6) is 0 Å². The van der Waals surface area contributed by atoms with Gasteiger partial charge in [0.2, 0.25) is 0 Å². The summed E-state index contributed by atoms with van der Waals surface area (Å²) >= 11 is 0. The van der Waals surface area contributed by atoms with Crippen molar-refractivity contribution in [2.45, 2.75) is 51.0 Å². The van der Waals surface area contributed by atoms with Gasteiger partial charge in [-0.1, -0.05) is 25.7 Å². The average molecular weight is 279 g/mol. The van der Waals surface area contributed by atoms with E-state index in [-0.39, 0.29) is 11.6 Å². The summed E-state index contributed by atoms with van der Waals surface area (Å²) in [6.07, 6.45) is 8.26. The summed E-state index contributed by atoms with van der Waals surface area (Å²) in [5.41, 5.74) is 0.541. The Kier molecular flexibility index (Phi) is 4.35. The number of rotatable bonds is 6. The second-order valence-corrected chi connectivity index (χ2v) is 6.43. The van der Waals surface area contributed by atoms with Crippen molar-refractivity contribution in [2.24, 2.45) is 11.8 Å². The minimum atomic E-state index is -0.332. The molecule has 0 amide bonds. The van der Waals surface area contributed by atoms with Crippen LogP contribution in [0, 0.1) is 23.5 Å². The van der Waals surface area contributed by atoms with E-state index in [2.05, 4.69) is 5.32 Å². The van der Waals surface area contributed by atoms with Crippen molar-refractivity contribution in [1.82, 2.24) is 5.32 Å². The van der Waals surface area contributed by atoms with Crippen LogP contribution in [0.4, 0.5) is 8.78 Å². The van der Waals surface area contributed by atoms with Crippen LogP contribution in [-0.2, 0) is 6.42 Å². The van der Waals surface area contributed by atoms with Crippen LogP contribution in [0.1, 0.15) is 44.1 Å². The minimum absolute atomic E-state index is 0.263. The van der Waals surface area contributed by atoms with Crippen molar-refractivity contribution in [2.75, 3.05) is 6.54 Å². The van der Waals surface area contributed by atoms with Crippen molar-refractivity contribution in [1.29, 1.82) is 0 Å². The molecule has 1 N–H and O–H groups in total. The zero-order valence-corrected chi connectivity index (χ0v) is 11.9. The molecule has 20 heavy (non-hydrogen) atoms. The van der Waals surface area contributed by atoms with E-state index in [0.717, 1.165) is 6.54 Å². The Morgan fingerprint density at radius 3 is 2.55 bits per heavy atom. The van der Waals surface area contributed by atoms with Gasteiger partial charge < -0.3 is 5.32 Å². The quantitative estimate of drug-likeness (QED) is 0.828. The summed E-state index contributed by atoms with van der Waals surface area (Å²) in [6.45, 7) is 0.950. The first-order chi connectivity index (χ1) is 9.72. The Morgan fingerprint density at radius 1 is 1.10 bits per heavy atom. The minimum Gasteiger partial charge on any atom is -0.314 e. The van der Waals surface area contributed by atoms with Gasteiger partial charge in [-0.25, -0.2) is 8.78 Å². The third-order valence-corrected chi connectivity index (χ3v) is 4.80. The molecule has 1 nitrogen and oxygen atoms in total. The molecule has 3 rings (SSSR count). The smallest absolute Gasteiger partial charge is 0.126 e. The van der Waals surface area contributed by atoms with Gasteiger partial charge in [-0.05, 0) is 61.4 Å². The molecule has 0 bridgehead atoms. The highest BCUT2D eigenvalue weighted by Crippen LogP contribution is 2.34. The lowest BCUT2D eigenvalue weighted by Gasteiger charge is -2.24. The predicted octanol–water partition coefficient (Wildman–Crippen LogP) is 4.07. The topological polar surface area (TPSA) is 12.0 Å². The van der Waals surface area contributed by atoms with E-state index in [9.17, 15) is 8.78 Å². The molecule has 0 heterocycles. The molecule has 1 aromatic rings. The second kappa shape index (κ2) is 6.21. The van der Waals surface area contributed by atoms with E-state index >= 15 is 0 Å². The van der Waals surface area contributed by atoms with Crippen LogP contribution in [0.2, 0.25) is 0 Å². The Morgan fingerprint density at radius 2 is 1.85 bits per heavy atom. The van der Waals surface area contributed by atoms with Crippen LogP contribution in [0.3, 0.4) is 0 Å². The third kappa shape index (κ3) is 3.57. The lowest BCUT2D eigenvalue weighted by atomic mass is 9.85. The van der Waals surface area contributed by atoms with E-state index < -0.39 is 0 Å². The van der Waals surface area contributed by atoms with Gasteiger partial charge in [-0.2, -0.15) is 0 Å². The predicted molar refractivity (Wildman–Crippen MR) is 76.5 cm³/mol. The maximum absolute atomic E-state index is 13.8. The Balaban J connectivity index is 1.68. The Bertz CT molecular complexity index is 450. The van der Waals surface area contributed by atoms with Gasteiger partial charge in [0.05, 0.1) is 0 Å². The molecule has 0 aliphatic heterocycles. The van der Waals surface area contributed by atoms with Crippen molar-refractivity contribution < 1.29 is 8.78 Å². The second-order valence-electron chi connectivity index (χ2n) is 6.43. The molecule has 3 heteroatoms. The molecule has 0 radical (unpaired) electrons. The van der Waals surface area contributed by atoms with Gasteiger partial charge in [-0.15, -0.1) is 0 Å². The highest BCUT2D eigenvalue weighted by molar-refractivity contribution is 5.19. The first-order valence-corrected chi connectivity index (χ1v) is 7.89. The Labute approximate surface area is 119 Å². The molecule has 1 unspecified atom stereocenters. The molecule has 110 valence electrons. The fourth-order valence-electron chi connectivity index (χ4n) is 3.42. The Hall–Kier alpha value is -0.960. The van der Waals surface area contributed by atoms with Crippen LogP contribution >= 0.6 is 0 Å². The molecule has 2 aliphatic carbocycles. The zero-order chi connectivity index (χ0) is 13.9. The summed E-state index contributed by atoms with van der Waals surface area (Å²) in [5.74, 6) is 0.515. The maximum atomic E-state index is 13.8. The zero-order valence-electron chi connectivity index (χ0n) is 11.9. The number of hydrogen-bond donors (Lipinski definition) is 1. The van der Waals surface area contributed by atoms with Crippen LogP contribution < -0.4 is 5.32 Å².